The summed E-state index contributed by atoms with van der Waals surface area (Å²) in [6, 6.07) is 6.64. The fourth-order valence-electron chi connectivity index (χ4n) is 1.99. The molecule has 21 heavy (non-hydrogen) atoms. The summed E-state index contributed by atoms with van der Waals surface area (Å²) < 4.78 is 5.02. The first-order valence-electron chi connectivity index (χ1n) is 6.68. The van der Waals surface area contributed by atoms with Gasteiger partial charge in [0, 0.05) is 12.0 Å². The number of methoxy groups -OCH3 is 1. The van der Waals surface area contributed by atoms with Gasteiger partial charge in [0.15, 0.2) is 5.78 Å². The third-order valence-corrected chi connectivity index (χ3v) is 3.10. The molecule has 4 nitrogen and oxygen atoms in total. The van der Waals surface area contributed by atoms with Crippen molar-refractivity contribution in [3.8, 4) is 5.75 Å². The lowest BCUT2D eigenvalue weighted by Gasteiger charge is -2.12. The van der Waals surface area contributed by atoms with Crippen LogP contribution in [0.1, 0.15) is 30.1 Å². The van der Waals surface area contributed by atoms with Crippen LogP contribution in [-0.4, -0.2) is 24.0 Å². The Morgan fingerprint density at radius 3 is 2.38 bits per heavy atom. The smallest absolute Gasteiger partial charge is 0.307 e. The van der Waals surface area contributed by atoms with Crippen LogP contribution in [0.5, 0.6) is 5.75 Å². The molecule has 0 saturated carbocycles. The van der Waals surface area contributed by atoms with Crippen LogP contribution in [0.4, 0.5) is 0 Å². The minimum Gasteiger partial charge on any atom is -0.497 e. The van der Waals surface area contributed by atoms with Crippen molar-refractivity contribution in [2.45, 2.75) is 19.8 Å². The molecule has 1 unspecified atom stereocenters. The van der Waals surface area contributed by atoms with Gasteiger partial charge in [0.05, 0.1) is 13.0 Å². The predicted molar refractivity (Wildman–Crippen MR) is 81.6 cm³/mol. The minimum absolute atomic E-state index is 0.0434. The molecule has 1 N–H and O–H groups in total. The lowest BCUT2D eigenvalue weighted by atomic mass is 9.92. The summed E-state index contributed by atoms with van der Waals surface area (Å²) in [5.74, 6) is -1.29. The summed E-state index contributed by atoms with van der Waals surface area (Å²) in [6.07, 6.45) is 3.78. The van der Waals surface area contributed by atoms with Crippen molar-refractivity contribution < 1.29 is 19.4 Å². The number of aliphatic carboxylic acids is 1. The molecule has 0 spiro atoms. The molecule has 0 heterocycles. The van der Waals surface area contributed by atoms with Crippen molar-refractivity contribution in [3.63, 3.8) is 0 Å². The molecule has 4 heteroatoms. The number of benzene rings is 1. The Bertz CT molecular complexity index is 540. The van der Waals surface area contributed by atoms with Gasteiger partial charge in [-0.1, -0.05) is 24.3 Å². The van der Waals surface area contributed by atoms with E-state index in [4.69, 9.17) is 4.74 Å². The first kappa shape index (κ1) is 16.7. The van der Waals surface area contributed by atoms with Crippen LogP contribution in [0.3, 0.4) is 0 Å². The maximum atomic E-state index is 12.1. The van der Waals surface area contributed by atoms with E-state index in [1.54, 1.807) is 43.5 Å². The van der Waals surface area contributed by atoms with E-state index in [0.29, 0.717) is 16.9 Å². The number of hydrogen-bond acceptors (Lipinski definition) is 3. The van der Waals surface area contributed by atoms with Crippen molar-refractivity contribution in [2.24, 2.45) is 5.92 Å². The lowest BCUT2D eigenvalue weighted by molar-refractivity contribution is -0.141. The molecular formula is C17H20O4. The Kier molecular flexibility index (Phi) is 6.40. The molecule has 1 atom stereocenters. The number of carboxylic acid groups (broad SMARTS) is 1. The third kappa shape index (κ3) is 5.26. The van der Waals surface area contributed by atoms with E-state index in [9.17, 15) is 14.7 Å². The number of carboxylic acids is 1. The molecule has 1 aromatic carbocycles. The van der Waals surface area contributed by atoms with Gasteiger partial charge < -0.3 is 9.84 Å². The number of rotatable bonds is 8. The number of carbonyl (C=O) groups is 2. The van der Waals surface area contributed by atoms with Crippen LogP contribution in [0.25, 0.3) is 0 Å². The molecule has 0 amide bonds. The summed E-state index contributed by atoms with van der Waals surface area (Å²) >= 11 is 0. The monoisotopic (exact) mass is 288 g/mol. The van der Waals surface area contributed by atoms with Gasteiger partial charge >= 0.3 is 5.97 Å². The third-order valence-electron chi connectivity index (χ3n) is 3.10. The topological polar surface area (TPSA) is 63.6 Å². The van der Waals surface area contributed by atoms with Gasteiger partial charge in [0.2, 0.25) is 0 Å². The number of ether oxygens (including phenoxy) is 1. The van der Waals surface area contributed by atoms with Gasteiger partial charge in [-0.05, 0) is 37.6 Å². The predicted octanol–water partition coefficient (Wildman–Crippen LogP) is 3.49. The highest BCUT2D eigenvalue weighted by Crippen LogP contribution is 2.20. The Morgan fingerprint density at radius 2 is 1.90 bits per heavy atom. The Morgan fingerprint density at radius 1 is 1.29 bits per heavy atom. The van der Waals surface area contributed by atoms with Crippen LogP contribution in [0.2, 0.25) is 0 Å². The van der Waals surface area contributed by atoms with E-state index in [1.165, 1.54) is 0 Å². The second-order valence-corrected chi connectivity index (χ2v) is 4.75. The van der Waals surface area contributed by atoms with Crippen LogP contribution in [0, 0.1) is 5.92 Å². The van der Waals surface area contributed by atoms with Crippen molar-refractivity contribution in [2.75, 3.05) is 7.11 Å². The summed E-state index contributed by atoms with van der Waals surface area (Å²) in [6.45, 7) is 5.63. The maximum Gasteiger partial charge on any atom is 0.307 e. The minimum atomic E-state index is -0.984. The van der Waals surface area contributed by atoms with E-state index in [1.807, 2.05) is 6.92 Å². The van der Waals surface area contributed by atoms with E-state index < -0.39 is 11.9 Å². The molecular weight excluding hydrogens is 268 g/mol. The quantitative estimate of drug-likeness (QED) is 0.587. The largest absolute Gasteiger partial charge is 0.497 e. The van der Waals surface area contributed by atoms with Gasteiger partial charge in [0.1, 0.15) is 5.75 Å². The van der Waals surface area contributed by atoms with Crippen molar-refractivity contribution >= 4 is 11.8 Å². The summed E-state index contributed by atoms with van der Waals surface area (Å²) in [7, 11) is 1.55. The summed E-state index contributed by atoms with van der Waals surface area (Å²) in [5.41, 5.74) is 1.19. The molecule has 0 fully saturated rings. The number of Topliss-reactive ketones (excluding diaryl/α,β-unsaturated/α-hetero) is 1. The SMILES string of the molecule is C=C(/C=C\C)CC(CC(=O)c1ccc(OC)cc1)C(=O)O. The van der Waals surface area contributed by atoms with Crippen LogP contribution >= 0.6 is 0 Å². The lowest BCUT2D eigenvalue weighted by Crippen LogP contribution is -2.18. The fourth-order valence-corrected chi connectivity index (χ4v) is 1.99. The maximum absolute atomic E-state index is 12.1. The van der Waals surface area contributed by atoms with Crippen molar-refractivity contribution in [1.82, 2.24) is 0 Å². The van der Waals surface area contributed by atoms with Gasteiger partial charge in [-0.25, -0.2) is 0 Å². The number of carbonyl (C=O) groups excluding carboxylic acids is 1. The molecule has 0 bridgehead atoms. The molecule has 1 rings (SSSR count). The molecule has 1 aromatic rings. The number of ketones is 1. The van der Waals surface area contributed by atoms with Gasteiger partial charge in [-0.2, -0.15) is 0 Å². The van der Waals surface area contributed by atoms with Gasteiger partial charge in [-0.3, -0.25) is 9.59 Å². The molecule has 0 aliphatic carbocycles. The molecule has 112 valence electrons. The summed E-state index contributed by atoms with van der Waals surface area (Å²) in [4.78, 5) is 23.4. The average molecular weight is 288 g/mol. The van der Waals surface area contributed by atoms with E-state index in [-0.39, 0.29) is 18.6 Å². The highest BCUT2D eigenvalue weighted by atomic mass is 16.5. The zero-order valence-corrected chi connectivity index (χ0v) is 12.3. The number of allylic oxidation sites excluding steroid dienone is 3. The first-order valence-corrected chi connectivity index (χ1v) is 6.68. The summed E-state index contributed by atoms with van der Waals surface area (Å²) in [5, 5.41) is 9.23. The van der Waals surface area contributed by atoms with E-state index >= 15 is 0 Å². The zero-order chi connectivity index (χ0) is 15.8. The highest BCUT2D eigenvalue weighted by Gasteiger charge is 2.22. The van der Waals surface area contributed by atoms with Crippen LogP contribution < -0.4 is 4.74 Å². The number of hydrogen-bond donors (Lipinski definition) is 1. The Balaban J connectivity index is 2.75. The molecule has 0 aromatic heterocycles. The zero-order valence-electron chi connectivity index (χ0n) is 12.3. The molecule has 0 saturated heterocycles. The van der Waals surface area contributed by atoms with E-state index in [2.05, 4.69) is 6.58 Å². The van der Waals surface area contributed by atoms with Gasteiger partial charge in [-0.15, -0.1) is 0 Å². The van der Waals surface area contributed by atoms with Crippen molar-refractivity contribution in [1.29, 1.82) is 0 Å². The second-order valence-electron chi connectivity index (χ2n) is 4.75. The molecule has 0 aliphatic rings. The standard InChI is InChI=1S/C17H20O4/c1-4-5-12(2)10-14(17(19)20)11-16(18)13-6-8-15(21-3)9-7-13/h4-9,14H,2,10-11H2,1,3H3,(H,19,20)/b5-4-. The highest BCUT2D eigenvalue weighted by molar-refractivity contribution is 5.98. The Labute approximate surface area is 124 Å². The van der Waals surface area contributed by atoms with Crippen LogP contribution in [-0.2, 0) is 4.79 Å². The van der Waals surface area contributed by atoms with Gasteiger partial charge in [0.25, 0.3) is 0 Å². The normalized spacial score (nSPS) is 12.1. The fraction of sp³-hybridized carbons (Fsp3) is 0.294. The molecule has 0 aliphatic heterocycles. The van der Waals surface area contributed by atoms with E-state index in [0.717, 1.165) is 0 Å². The molecule has 0 radical (unpaired) electrons. The Hall–Kier alpha value is -2.36. The first-order chi connectivity index (χ1) is 9.97. The second kappa shape index (κ2) is 8.04. The average Bonchev–Trinajstić information content (AvgIpc) is 2.46. The van der Waals surface area contributed by atoms with Crippen molar-refractivity contribution in [3.05, 3.63) is 54.1 Å². The van der Waals surface area contributed by atoms with Crippen LogP contribution in [0.15, 0.2) is 48.6 Å².